The molecule has 3 heterocycles. The molecule has 2 aliphatic rings. The molecule has 162 valence electrons. The third-order valence-corrected chi connectivity index (χ3v) is 5.59. The molecule has 0 aliphatic carbocycles. The summed E-state index contributed by atoms with van der Waals surface area (Å²) >= 11 is 0. The van der Waals surface area contributed by atoms with Crippen molar-refractivity contribution in [3.63, 3.8) is 0 Å². The highest BCUT2D eigenvalue weighted by Gasteiger charge is 2.40. The van der Waals surface area contributed by atoms with Crippen LogP contribution < -0.4 is 15.8 Å². The molecule has 32 heavy (non-hydrogen) atoms. The predicted octanol–water partition coefficient (Wildman–Crippen LogP) is 1.19. The van der Waals surface area contributed by atoms with Crippen LogP contribution in [0.2, 0.25) is 0 Å². The standard InChI is InChI=1S/C22H20N6O4/c23-13-3-1-4-15(9-13)32-12-14-10-28(26-25-14)18-6-2-5-16-17(18)11-27(22(16)31)19-7-8-20(29)24-21(19)30/h1-6,9-10,19H,7-8,11-12,23H2,(H,24,29,30). The van der Waals surface area contributed by atoms with Gasteiger partial charge in [0.25, 0.3) is 5.91 Å². The molecular weight excluding hydrogens is 412 g/mol. The van der Waals surface area contributed by atoms with E-state index in [9.17, 15) is 14.4 Å². The number of rotatable bonds is 5. The Morgan fingerprint density at radius 1 is 1.16 bits per heavy atom. The summed E-state index contributed by atoms with van der Waals surface area (Å²) in [7, 11) is 0. The fourth-order valence-corrected chi connectivity index (χ4v) is 4.03. The van der Waals surface area contributed by atoms with Gasteiger partial charge in [0.15, 0.2) is 0 Å². The van der Waals surface area contributed by atoms with Gasteiger partial charge in [0.05, 0.1) is 11.9 Å². The van der Waals surface area contributed by atoms with Gasteiger partial charge in [0.1, 0.15) is 24.1 Å². The third kappa shape index (κ3) is 3.55. The molecule has 1 atom stereocenters. The minimum atomic E-state index is -0.668. The first kappa shape index (κ1) is 19.7. The lowest BCUT2D eigenvalue weighted by molar-refractivity contribution is -0.136. The fraction of sp³-hybridized carbons (Fsp3) is 0.227. The van der Waals surface area contributed by atoms with Crippen LogP contribution in [0.5, 0.6) is 5.75 Å². The number of carbonyl (C=O) groups is 3. The first-order valence-electron chi connectivity index (χ1n) is 10.2. The summed E-state index contributed by atoms with van der Waals surface area (Å²) in [6, 6.07) is 11.8. The number of piperidine rings is 1. The van der Waals surface area contributed by atoms with E-state index in [4.69, 9.17) is 10.5 Å². The smallest absolute Gasteiger partial charge is 0.255 e. The summed E-state index contributed by atoms with van der Waals surface area (Å²) in [6.07, 6.45) is 2.26. The lowest BCUT2D eigenvalue weighted by Gasteiger charge is -2.29. The van der Waals surface area contributed by atoms with E-state index in [0.29, 0.717) is 34.8 Å². The minimum Gasteiger partial charge on any atom is -0.487 e. The number of nitrogens with zero attached hydrogens (tertiary/aromatic N) is 4. The van der Waals surface area contributed by atoms with Crippen LogP contribution in [0.4, 0.5) is 5.69 Å². The number of anilines is 1. The fourth-order valence-electron chi connectivity index (χ4n) is 4.03. The van der Waals surface area contributed by atoms with E-state index in [2.05, 4.69) is 15.6 Å². The lowest BCUT2D eigenvalue weighted by Crippen LogP contribution is -2.52. The first-order chi connectivity index (χ1) is 15.5. The van der Waals surface area contributed by atoms with Gasteiger partial charge >= 0.3 is 0 Å². The Labute approximate surface area is 182 Å². The number of nitrogens with two attached hydrogens (primary N) is 1. The number of benzene rings is 2. The number of ether oxygens (including phenoxy) is 1. The van der Waals surface area contributed by atoms with Gasteiger partial charge in [-0.3, -0.25) is 19.7 Å². The number of nitrogen functional groups attached to an aromatic ring is 1. The summed E-state index contributed by atoms with van der Waals surface area (Å²) in [4.78, 5) is 38.2. The van der Waals surface area contributed by atoms with Crippen molar-refractivity contribution in [2.75, 3.05) is 5.73 Å². The van der Waals surface area contributed by atoms with Gasteiger partial charge in [-0.25, -0.2) is 4.68 Å². The van der Waals surface area contributed by atoms with Crippen LogP contribution in [0, 0.1) is 0 Å². The second-order valence-electron chi connectivity index (χ2n) is 7.72. The molecule has 1 fully saturated rings. The van der Waals surface area contributed by atoms with Crippen molar-refractivity contribution in [3.8, 4) is 11.4 Å². The Morgan fingerprint density at radius 2 is 2.00 bits per heavy atom. The zero-order chi connectivity index (χ0) is 22.2. The quantitative estimate of drug-likeness (QED) is 0.457. The Bertz CT molecular complexity index is 1240. The Morgan fingerprint density at radius 3 is 2.81 bits per heavy atom. The van der Waals surface area contributed by atoms with Crippen LogP contribution in [0.3, 0.4) is 0 Å². The molecular formula is C22H20N6O4. The molecule has 3 aromatic rings. The van der Waals surface area contributed by atoms with Crippen LogP contribution in [0.15, 0.2) is 48.7 Å². The van der Waals surface area contributed by atoms with Crippen LogP contribution in [-0.2, 0) is 22.7 Å². The molecule has 1 saturated heterocycles. The Hall–Kier alpha value is -4.21. The largest absolute Gasteiger partial charge is 0.487 e. The first-order valence-corrected chi connectivity index (χ1v) is 10.2. The normalized spacial score (nSPS) is 17.9. The molecule has 3 amide bonds. The Balaban J connectivity index is 1.36. The maximum atomic E-state index is 13.0. The van der Waals surface area contributed by atoms with Crippen molar-refractivity contribution >= 4 is 23.4 Å². The van der Waals surface area contributed by atoms with Crippen molar-refractivity contribution in [1.29, 1.82) is 0 Å². The molecule has 2 aromatic carbocycles. The molecule has 5 rings (SSSR count). The number of imide groups is 1. The van der Waals surface area contributed by atoms with Gasteiger partial charge in [-0.15, -0.1) is 5.10 Å². The van der Waals surface area contributed by atoms with E-state index >= 15 is 0 Å². The molecule has 0 radical (unpaired) electrons. The van der Waals surface area contributed by atoms with Gasteiger partial charge in [0, 0.05) is 35.8 Å². The maximum Gasteiger partial charge on any atom is 0.255 e. The van der Waals surface area contributed by atoms with E-state index in [1.54, 1.807) is 47.3 Å². The summed E-state index contributed by atoms with van der Waals surface area (Å²) in [5.74, 6) is -0.357. The maximum absolute atomic E-state index is 13.0. The second kappa shape index (κ2) is 7.80. The number of hydrogen-bond acceptors (Lipinski definition) is 7. The minimum absolute atomic E-state index is 0.208. The number of carbonyl (C=O) groups excluding carboxylic acids is 3. The lowest BCUT2D eigenvalue weighted by atomic mass is 10.0. The Kier molecular flexibility index (Phi) is 4.81. The van der Waals surface area contributed by atoms with Crippen molar-refractivity contribution in [3.05, 3.63) is 65.5 Å². The highest BCUT2D eigenvalue weighted by molar-refractivity contribution is 6.05. The summed E-state index contributed by atoms with van der Waals surface area (Å²) in [6.45, 7) is 0.464. The number of aromatic nitrogens is 3. The molecule has 10 heteroatoms. The van der Waals surface area contributed by atoms with Crippen LogP contribution in [-0.4, -0.2) is 43.7 Å². The predicted molar refractivity (Wildman–Crippen MR) is 113 cm³/mol. The number of nitrogens with one attached hydrogen (secondary N) is 1. The van der Waals surface area contributed by atoms with E-state index in [1.165, 1.54) is 4.90 Å². The highest BCUT2D eigenvalue weighted by atomic mass is 16.5. The van der Waals surface area contributed by atoms with E-state index in [1.807, 2.05) is 6.07 Å². The second-order valence-corrected chi connectivity index (χ2v) is 7.72. The molecule has 10 nitrogen and oxygen atoms in total. The monoisotopic (exact) mass is 432 g/mol. The molecule has 0 bridgehead atoms. The van der Waals surface area contributed by atoms with Crippen LogP contribution in [0.25, 0.3) is 5.69 Å². The van der Waals surface area contributed by atoms with Crippen LogP contribution >= 0.6 is 0 Å². The molecule has 1 unspecified atom stereocenters. The topological polar surface area (TPSA) is 132 Å². The average Bonchev–Trinajstić information content (AvgIpc) is 3.37. The summed E-state index contributed by atoms with van der Waals surface area (Å²) < 4.78 is 7.31. The molecule has 3 N–H and O–H groups in total. The van der Waals surface area contributed by atoms with Crippen LogP contribution in [0.1, 0.15) is 34.5 Å². The molecule has 2 aliphatic heterocycles. The number of amides is 3. The van der Waals surface area contributed by atoms with E-state index < -0.39 is 11.9 Å². The van der Waals surface area contributed by atoms with Gasteiger partial charge in [-0.1, -0.05) is 17.3 Å². The third-order valence-electron chi connectivity index (χ3n) is 5.59. The molecule has 0 saturated carbocycles. The van der Waals surface area contributed by atoms with Gasteiger partial charge in [-0.2, -0.15) is 0 Å². The summed E-state index contributed by atoms with van der Waals surface area (Å²) in [5, 5.41) is 10.7. The summed E-state index contributed by atoms with van der Waals surface area (Å²) in [5.41, 5.74) is 8.96. The van der Waals surface area contributed by atoms with Gasteiger partial charge in [0.2, 0.25) is 11.8 Å². The van der Waals surface area contributed by atoms with Crippen molar-refractivity contribution in [2.24, 2.45) is 0 Å². The van der Waals surface area contributed by atoms with E-state index in [-0.39, 0.29) is 31.4 Å². The molecule has 0 spiro atoms. The van der Waals surface area contributed by atoms with Crippen molar-refractivity contribution < 1.29 is 19.1 Å². The van der Waals surface area contributed by atoms with Crippen molar-refractivity contribution in [1.82, 2.24) is 25.2 Å². The number of hydrogen-bond donors (Lipinski definition) is 2. The highest BCUT2D eigenvalue weighted by Crippen LogP contribution is 2.31. The van der Waals surface area contributed by atoms with Crippen molar-refractivity contribution in [2.45, 2.75) is 32.0 Å². The average molecular weight is 432 g/mol. The number of fused-ring (bicyclic) bond motifs is 1. The molecule has 1 aromatic heterocycles. The van der Waals surface area contributed by atoms with E-state index in [0.717, 1.165) is 5.56 Å². The van der Waals surface area contributed by atoms with Gasteiger partial charge in [-0.05, 0) is 30.7 Å². The SMILES string of the molecule is Nc1cccc(OCc2cn(-c3cccc4c3CN(C3CCC(=O)NC3=O)C4=O)nn2)c1. The zero-order valence-electron chi connectivity index (χ0n) is 17.0. The van der Waals surface area contributed by atoms with Gasteiger partial charge < -0.3 is 15.4 Å². The zero-order valence-corrected chi connectivity index (χ0v) is 17.0.